The number of fused-ring (bicyclic) bond motifs is 1. The van der Waals surface area contributed by atoms with Crippen LogP contribution in [0.4, 0.5) is 0 Å². The Morgan fingerprint density at radius 3 is 2.62 bits per heavy atom. The summed E-state index contributed by atoms with van der Waals surface area (Å²) in [5.41, 5.74) is 0.421. The molecule has 1 saturated carbocycles. The maximum absolute atomic E-state index is 12.9. The lowest BCUT2D eigenvalue weighted by atomic mass is 10.1. The van der Waals surface area contributed by atoms with Gasteiger partial charge in [0.15, 0.2) is 5.65 Å². The molecule has 2 heterocycles. The summed E-state index contributed by atoms with van der Waals surface area (Å²) in [6, 6.07) is 2.14. The number of nitrogens with zero attached hydrogens (tertiary/aromatic N) is 4. The van der Waals surface area contributed by atoms with Crippen LogP contribution in [0.1, 0.15) is 76.5 Å². The van der Waals surface area contributed by atoms with E-state index in [-0.39, 0.29) is 11.2 Å². The first-order chi connectivity index (χ1) is 12.7. The Kier molecular flexibility index (Phi) is 5.92. The molecule has 0 aromatic carbocycles. The largest absolute Gasteiger partial charge is 0.336 e. The highest BCUT2D eigenvalue weighted by atomic mass is 16.2. The van der Waals surface area contributed by atoms with Crippen LogP contribution in [-0.2, 0) is 13.1 Å². The Balaban J connectivity index is 2.00. The maximum atomic E-state index is 12.9. The molecule has 1 aliphatic carbocycles. The molecule has 0 aliphatic heterocycles. The third-order valence-corrected chi connectivity index (χ3v) is 5.24. The number of hydrogen-bond acceptors (Lipinski definition) is 4. The molecule has 1 aliphatic rings. The zero-order chi connectivity index (χ0) is 18.5. The van der Waals surface area contributed by atoms with Gasteiger partial charge in [-0.1, -0.05) is 26.2 Å². The lowest BCUT2D eigenvalue weighted by Gasteiger charge is -2.10. The van der Waals surface area contributed by atoms with E-state index >= 15 is 0 Å². The number of nitrogens with one attached hydrogen (secondary N) is 1. The normalized spacial score (nSPS) is 14.9. The number of aryl methyl sites for hydroxylation is 1. The quantitative estimate of drug-likeness (QED) is 0.734. The fraction of sp³-hybridized carbons (Fsp3) is 0.684. The second-order valence-electron chi connectivity index (χ2n) is 7.16. The molecule has 0 radical (unpaired) electrons. The summed E-state index contributed by atoms with van der Waals surface area (Å²) in [7, 11) is 0. The second-order valence-corrected chi connectivity index (χ2v) is 7.16. The van der Waals surface area contributed by atoms with E-state index in [0.717, 1.165) is 44.3 Å². The molecule has 26 heavy (non-hydrogen) atoms. The number of hydrogen-bond donors (Lipinski definition) is 1. The van der Waals surface area contributed by atoms with E-state index in [0.29, 0.717) is 36.6 Å². The van der Waals surface area contributed by atoms with Crippen LogP contribution in [0.15, 0.2) is 9.59 Å². The monoisotopic (exact) mass is 357 g/mol. The van der Waals surface area contributed by atoms with Crippen LogP contribution in [0, 0.1) is 11.3 Å². The highest BCUT2D eigenvalue weighted by molar-refractivity contribution is 5.70. The predicted octanol–water partition coefficient (Wildman–Crippen LogP) is 3.04. The number of aromatic nitrogens is 4. The molecule has 3 rings (SSSR count). The van der Waals surface area contributed by atoms with E-state index in [9.17, 15) is 9.59 Å². The van der Waals surface area contributed by atoms with Crippen molar-refractivity contribution in [2.24, 2.45) is 0 Å². The van der Waals surface area contributed by atoms with Crippen molar-refractivity contribution in [3.8, 4) is 6.07 Å². The van der Waals surface area contributed by atoms with Gasteiger partial charge in [-0.05, 0) is 32.1 Å². The minimum atomic E-state index is -0.269. The lowest BCUT2D eigenvalue weighted by molar-refractivity contribution is 0.531. The summed E-state index contributed by atoms with van der Waals surface area (Å²) < 4.78 is 2.97. The van der Waals surface area contributed by atoms with Crippen molar-refractivity contribution in [1.29, 1.82) is 5.26 Å². The first-order valence-corrected chi connectivity index (χ1v) is 9.77. The van der Waals surface area contributed by atoms with Crippen molar-refractivity contribution >= 4 is 11.2 Å². The number of aromatic amines is 1. The van der Waals surface area contributed by atoms with Crippen molar-refractivity contribution in [1.82, 2.24) is 19.1 Å². The van der Waals surface area contributed by atoms with Crippen molar-refractivity contribution in [3.63, 3.8) is 0 Å². The van der Waals surface area contributed by atoms with Gasteiger partial charge in [0, 0.05) is 25.4 Å². The van der Waals surface area contributed by atoms with Gasteiger partial charge >= 0.3 is 5.69 Å². The van der Waals surface area contributed by atoms with Gasteiger partial charge in [-0.2, -0.15) is 5.26 Å². The molecular weight excluding hydrogens is 330 g/mol. The molecule has 0 unspecified atom stereocenters. The molecule has 0 atom stereocenters. The Morgan fingerprint density at radius 2 is 1.92 bits per heavy atom. The number of H-pyrrole nitrogens is 1. The molecule has 0 spiro atoms. The lowest BCUT2D eigenvalue weighted by Crippen LogP contribution is -2.40. The van der Waals surface area contributed by atoms with Crippen molar-refractivity contribution in [2.75, 3.05) is 0 Å². The minimum absolute atomic E-state index is 0.260. The highest BCUT2D eigenvalue weighted by Gasteiger charge is 2.23. The fourth-order valence-corrected chi connectivity index (χ4v) is 3.85. The minimum Gasteiger partial charge on any atom is -0.336 e. The zero-order valence-electron chi connectivity index (χ0n) is 15.5. The van der Waals surface area contributed by atoms with Gasteiger partial charge in [0.05, 0.1) is 6.07 Å². The molecule has 2 aromatic rings. The third kappa shape index (κ3) is 3.59. The molecule has 1 N–H and O–H groups in total. The summed E-state index contributed by atoms with van der Waals surface area (Å²) in [5, 5.41) is 8.64. The van der Waals surface area contributed by atoms with Gasteiger partial charge in [-0.15, -0.1) is 0 Å². The molecule has 140 valence electrons. The molecular formula is C19H27N5O2. The van der Waals surface area contributed by atoms with Crippen molar-refractivity contribution < 1.29 is 0 Å². The van der Waals surface area contributed by atoms with E-state index < -0.39 is 0 Å². The SMILES string of the molecule is CCCn1c(=O)c2[nH]c(C3CCCC3)nc2n(CCCCCC#N)c1=O. The maximum Gasteiger partial charge on any atom is 0.332 e. The standard InChI is InChI=1S/C19H27N5O2/c1-2-12-24-18(25)15-17(22-16(21-15)14-9-5-6-10-14)23(19(24)26)13-8-4-3-7-11-20/h14H,2-10,12-13H2,1H3,(H,21,22). The van der Waals surface area contributed by atoms with Crippen LogP contribution in [0.3, 0.4) is 0 Å². The first-order valence-electron chi connectivity index (χ1n) is 9.77. The van der Waals surface area contributed by atoms with E-state index in [1.807, 2.05) is 6.92 Å². The summed E-state index contributed by atoms with van der Waals surface area (Å²) in [6.45, 7) is 2.90. The smallest absolute Gasteiger partial charge is 0.332 e. The number of rotatable bonds is 8. The highest BCUT2D eigenvalue weighted by Crippen LogP contribution is 2.32. The van der Waals surface area contributed by atoms with Crippen LogP contribution in [0.25, 0.3) is 11.2 Å². The Bertz CT molecular complexity index is 909. The molecule has 2 aromatic heterocycles. The Morgan fingerprint density at radius 1 is 1.15 bits per heavy atom. The summed E-state index contributed by atoms with van der Waals surface area (Å²) >= 11 is 0. The second kappa shape index (κ2) is 8.35. The van der Waals surface area contributed by atoms with E-state index in [2.05, 4.69) is 16.0 Å². The van der Waals surface area contributed by atoms with E-state index in [1.54, 1.807) is 4.57 Å². The molecule has 0 bridgehead atoms. The predicted molar refractivity (Wildman–Crippen MR) is 100 cm³/mol. The van der Waals surface area contributed by atoms with Crippen molar-refractivity contribution in [2.45, 2.75) is 83.7 Å². The van der Waals surface area contributed by atoms with Crippen LogP contribution in [0.2, 0.25) is 0 Å². The summed E-state index contributed by atoms with van der Waals surface area (Å²) in [4.78, 5) is 33.6. The number of unbranched alkanes of at least 4 members (excludes halogenated alkanes) is 3. The van der Waals surface area contributed by atoms with E-state index in [1.165, 1.54) is 17.4 Å². The van der Waals surface area contributed by atoms with E-state index in [4.69, 9.17) is 5.26 Å². The van der Waals surface area contributed by atoms with Crippen molar-refractivity contribution in [3.05, 3.63) is 26.7 Å². The van der Waals surface area contributed by atoms with Crippen LogP contribution >= 0.6 is 0 Å². The van der Waals surface area contributed by atoms with Gasteiger partial charge in [-0.3, -0.25) is 13.9 Å². The molecule has 7 heteroatoms. The molecule has 0 amide bonds. The summed E-state index contributed by atoms with van der Waals surface area (Å²) in [5.74, 6) is 1.21. The average molecular weight is 357 g/mol. The Labute approximate surface area is 152 Å². The van der Waals surface area contributed by atoms with Gasteiger partial charge in [0.25, 0.3) is 5.56 Å². The fourth-order valence-electron chi connectivity index (χ4n) is 3.85. The molecule has 1 fully saturated rings. The Hall–Kier alpha value is -2.36. The topological polar surface area (TPSA) is 96.5 Å². The molecule has 0 saturated heterocycles. The van der Waals surface area contributed by atoms with Crippen LogP contribution in [-0.4, -0.2) is 19.1 Å². The average Bonchev–Trinajstić information content (AvgIpc) is 3.30. The third-order valence-electron chi connectivity index (χ3n) is 5.24. The van der Waals surface area contributed by atoms with Gasteiger partial charge in [-0.25, -0.2) is 9.78 Å². The summed E-state index contributed by atoms with van der Waals surface area (Å²) in [6.07, 6.45) is 8.32. The van der Waals surface area contributed by atoms with Gasteiger partial charge in [0.1, 0.15) is 11.3 Å². The van der Waals surface area contributed by atoms with Crippen LogP contribution < -0.4 is 11.2 Å². The first kappa shape index (κ1) is 18.4. The van der Waals surface area contributed by atoms with Gasteiger partial charge in [0.2, 0.25) is 0 Å². The number of imidazole rings is 1. The molecule has 7 nitrogen and oxygen atoms in total. The van der Waals surface area contributed by atoms with Gasteiger partial charge < -0.3 is 4.98 Å². The zero-order valence-corrected chi connectivity index (χ0v) is 15.5. The van der Waals surface area contributed by atoms with Crippen LogP contribution in [0.5, 0.6) is 0 Å². The number of nitriles is 1.